The molecule has 0 saturated heterocycles. The fourth-order valence-electron chi connectivity index (χ4n) is 4.38. The van der Waals surface area contributed by atoms with Gasteiger partial charge in [0.15, 0.2) is 5.69 Å². The van der Waals surface area contributed by atoms with Gasteiger partial charge in [-0.2, -0.15) is 5.10 Å². The minimum Gasteiger partial charge on any atom is -0.346 e. The second kappa shape index (κ2) is 6.22. The topological polar surface area (TPSA) is 76.0 Å². The predicted molar refractivity (Wildman–Crippen MR) is 104 cm³/mol. The molecule has 2 aliphatic rings. The Morgan fingerprint density at radius 2 is 1.78 bits per heavy atom. The zero-order valence-corrected chi connectivity index (χ0v) is 16.3. The van der Waals surface area contributed by atoms with Crippen LogP contribution in [0.25, 0.3) is 5.69 Å². The van der Waals surface area contributed by atoms with Crippen LogP contribution in [0.3, 0.4) is 0 Å². The standard InChI is InChI=1S/C21H26N4O2/c1-12(26)22-15-7-9-16(10-8-15)25-19-14-6-5-13(11-14)17(19)18(24-25)20(27)23-21(2,3)4/h7-10,13-14H,5-6,11H2,1-4H3,(H,22,26)(H,23,27). The molecule has 1 aromatic heterocycles. The Morgan fingerprint density at radius 3 is 2.41 bits per heavy atom. The lowest BCUT2D eigenvalue weighted by atomic mass is 9.95. The largest absolute Gasteiger partial charge is 0.346 e. The van der Waals surface area contributed by atoms with Gasteiger partial charge in [0.1, 0.15) is 0 Å². The van der Waals surface area contributed by atoms with Gasteiger partial charge in [-0.05, 0) is 70.2 Å². The zero-order valence-electron chi connectivity index (χ0n) is 16.3. The van der Waals surface area contributed by atoms with Crippen LogP contribution in [0.5, 0.6) is 0 Å². The van der Waals surface area contributed by atoms with Crippen LogP contribution in [0.1, 0.15) is 80.5 Å². The van der Waals surface area contributed by atoms with Crippen molar-refractivity contribution in [3.05, 3.63) is 41.2 Å². The van der Waals surface area contributed by atoms with Gasteiger partial charge in [-0.25, -0.2) is 4.68 Å². The summed E-state index contributed by atoms with van der Waals surface area (Å²) >= 11 is 0. The lowest BCUT2D eigenvalue weighted by molar-refractivity contribution is -0.114. The summed E-state index contributed by atoms with van der Waals surface area (Å²) in [5.41, 5.74) is 4.27. The summed E-state index contributed by atoms with van der Waals surface area (Å²) < 4.78 is 1.94. The van der Waals surface area contributed by atoms with Crippen molar-refractivity contribution in [1.29, 1.82) is 0 Å². The van der Waals surface area contributed by atoms with Crippen molar-refractivity contribution < 1.29 is 9.59 Å². The lowest BCUT2D eigenvalue weighted by Gasteiger charge is -2.20. The van der Waals surface area contributed by atoms with Crippen LogP contribution in [0.15, 0.2) is 24.3 Å². The van der Waals surface area contributed by atoms with Crippen LogP contribution in [-0.2, 0) is 4.79 Å². The van der Waals surface area contributed by atoms with Crippen molar-refractivity contribution >= 4 is 17.5 Å². The number of hydrogen-bond acceptors (Lipinski definition) is 3. The second-order valence-corrected chi connectivity index (χ2v) is 8.70. The number of carbonyl (C=O) groups is 2. The van der Waals surface area contributed by atoms with Crippen molar-refractivity contribution in [3.8, 4) is 5.69 Å². The molecule has 0 spiro atoms. The number of fused-ring (bicyclic) bond motifs is 5. The molecule has 6 nitrogen and oxygen atoms in total. The van der Waals surface area contributed by atoms with E-state index in [1.54, 1.807) is 0 Å². The minimum absolute atomic E-state index is 0.0961. The summed E-state index contributed by atoms with van der Waals surface area (Å²) in [6.07, 6.45) is 3.42. The fraction of sp³-hybridized carbons (Fsp3) is 0.476. The monoisotopic (exact) mass is 366 g/mol. The number of anilines is 1. The maximum atomic E-state index is 12.9. The quantitative estimate of drug-likeness (QED) is 0.869. The van der Waals surface area contributed by atoms with E-state index in [4.69, 9.17) is 5.10 Å². The Bertz CT molecular complexity index is 905. The Labute approximate surface area is 159 Å². The van der Waals surface area contributed by atoms with Crippen LogP contribution in [0, 0.1) is 0 Å². The fourth-order valence-corrected chi connectivity index (χ4v) is 4.38. The molecular weight excluding hydrogens is 340 g/mol. The Hall–Kier alpha value is -2.63. The summed E-state index contributed by atoms with van der Waals surface area (Å²) in [6, 6.07) is 7.62. The van der Waals surface area contributed by atoms with Gasteiger partial charge in [0.25, 0.3) is 5.91 Å². The van der Waals surface area contributed by atoms with E-state index < -0.39 is 0 Å². The van der Waals surface area contributed by atoms with Crippen LogP contribution in [0.4, 0.5) is 5.69 Å². The van der Waals surface area contributed by atoms with Crippen molar-refractivity contribution in [2.24, 2.45) is 0 Å². The summed E-state index contributed by atoms with van der Waals surface area (Å²) in [5.74, 6) is 0.725. The first kappa shape index (κ1) is 17.8. The molecule has 1 heterocycles. The third-order valence-electron chi connectivity index (χ3n) is 5.32. The molecule has 4 rings (SSSR count). The van der Waals surface area contributed by atoms with Gasteiger partial charge in [-0.15, -0.1) is 0 Å². The van der Waals surface area contributed by atoms with Crippen LogP contribution in [0.2, 0.25) is 0 Å². The first-order valence-corrected chi connectivity index (χ1v) is 9.56. The van der Waals surface area contributed by atoms with Gasteiger partial charge in [0.2, 0.25) is 5.91 Å². The Kier molecular flexibility index (Phi) is 4.09. The van der Waals surface area contributed by atoms with E-state index >= 15 is 0 Å². The molecule has 2 bridgehead atoms. The highest BCUT2D eigenvalue weighted by Crippen LogP contribution is 2.54. The smallest absolute Gasteiger partial charge is 0.272 e. The van der Waals surface area contributed by atoms with Gasteiger partial charge in [0, 0.05) is 29.6 Å². The van der Waals surface area contributed by atoms with Crippen LogP contribution < -0.4 is 10.6 Å². The number of nitrogens with zero attached hydrogens (tertiary/aromatic N) is 2. The molecule has 1 saturated carbocycles. The molecule has 2 unspecified atom stereocenters. The van der Waals surface area contributed by atoms with Crippen LogP contribution in [-0.4, -0.2) is 27.1 Å². The number of rotatable bonds is 3. The lowest BCUT2D eigenvalue weighted by Crippen LogP contribution is -2.41. The van der Waals surface area contributed by atoms with Gasteiger partial charge in [-0.1, -0.05) is 0 Å². The van der Waals surface area contributed by atoms with E-state index in [2.05, 4.69) is 10.6 Å². The van der Waals surface area contributed by atoms with Gasteiger partial charge in [-0.3, -0.25) is 9.59 Å². The normalized spacial score (nSPS) is 20.4. The molecule has 1 aromatic carbocycles. The molecule has 0 aliphatic heterocycles. The van der Waals surface area contributed by atoms with Crippen molar-refractivity contribution in [3.63, 3.8) is 0 Å². The maximum absolute atomic E-state index is 12.9. The number of hydrogen-bond donors (Lipinski definition) is 2. The highest BCUT2D eigenvalue weighted by atomic mass is 16.2. The molecule has 2 aliphatic carbocycles. The van der Waals surface area contributed by atoms with Crippen molar-refractivity contribution in [1.82, 2.24) is 15.1 Å². The number of aromatic nitrogens is 2. The van der Waals surface area contributed by atoms with Gasteiger partial charge >= 0.3 is 0 Å². The van der Waals surface area contributed by atoms with E-state index in [9.17, 15) is 9.59 Å². The Morgan fingerprint density at radius 1 is 1.11 bits per heavy atom. The predicted octanol–water partition coefficient (Wildman–Crippen LogP) is 3.72. The molecule has 0 radical (unpaired) electrons. The molecule has 142 valence electrons. The van der Waals surface area contributed by atoms with Gasteiger partial charge < -0.3 is 10.6 Å². The van der Waals surface area contributed by atoms with E-state index in [0.29, 0.717) is 17.5 Å². The van der Waals surface area contributed by atoms with E-state index in [1.165, 1.54) is 12.6 Å². The molecule has 27 heavy (non-hydrogen) atoms. The number of carbonyl (C=O) groups excluding carboxylic acids is 2. The number of benzene rings is 1. The van der Waals surface area contributed by atoms with E-state index in [1.807, 2.05) is 49.7 Å². The van der Waals surface area contributed by atoms with Crippen molar-refractivity contribution in [2.75, 3.05) is 5.32 Å². The Balaban J connectivity index is 1.74. The third kappa shape index (κ3) is 3.24. The molecule has 1 fully saturated rings. The van der Waals surface area contributed by atoms with E-state index in [-0.39, 0.29) is 17.4 Å². The summed E-state index contributed by atoms with van der Waals surface area (Å²) in [4.78, 5) is 24.1. The molecule has 2 aromatic rings. The minimum atomic E-state index is -0.300. The molecule has 2 amide bonds. The van der Waals surface area contributed by atoms with Gasteiger partial charge in [0.05, 0.1) is 11.4 Å². The zero-order chi connectivity index (χ0) is 19.3. The van der Waals surface area contributed by atoms with Crippen LogP contribution >= 0.6 is 0 Å². The maximum Gasteiger partial charge on any atom is 0.272 e. The average molecular weight is 366 g/mol. The highest BCUT2D eigenvalue weighted by Gasteiger charge is 2.44. The van der Waals surface area contributed by atoms with Crippen molar-refractivity contribution in [2.45, 2.75) is 64.3 Å². The summed E-state index contributed by atoms with van der Waals surface area (Å²) in [6.45, 7) is 7.43. The number of amides is 2. The van der Waals surface area contributed by atoms with E-state index in [0.717, 1.165) is 36.2 Å². The summed E-state index contributed by atoms with van der Waals surface area (Å²) in [5, 5.41) is 10.6. The molecule has 2 atom stereocenters. The molecular formula is C21H26N4O2. The summed E-state index contributed by atoms with van der Waals surface area (Å²) in [7, 11) is 0. The highest BCUT2D eigenvalue weighted by molar-refractivity contribution is 5.95. The molecule has 6 heteroatoms. The second-order valence-electron chi connectivity index (χ2n) is 8.70. The SMILES string of the molecule is CC(=O)Nc1ccc(-n2nc(C(=O)NC(C)(C)C)c3c2C2CCC3C2)cc1. The first-order chi connectivity index (χ1) is 12.7. The molecule has 2 N–H and O–H groups in total. The average Bonchev–Trinajstić information content (AvgIpc) is 3.25. The first-order valence-electron chi connectivity index (χ1n) is 9.56. The third-order valence-corrected chi connectivity index (χ3v) is 5.32. The number of nitrogens with one attached hydrogen (secondary N) is 2.